The number of rotatable bonds is 8. The van der Waals surface area contributed by atoms with Crippen LogP contribution >= 0.6 is 0 Å². The van der Waals surface area contributed by atoms with Crippen molar-refractivity contribution in [1.29, 1.82) is 0 Å². The van der Waals surface area contributed by atoms with Crippen molar-refractivity contribution in [3.8, 4) is 35.5 Å². The van der Waals surface area contributed by atoms with Gasteiger partial charge in [0.25, 0.3) is 0 Å². The summed E-state index contributed by atoms with van der Waals surface area (Å²) >= 11 is 0.592. The van der Waals surface area contributed by atoms with E-state index in [1.165, 1.54) is 69.1 Å². The summed E-state index contributed by atoms with van der Waals surface area (Å²) in [7, 11) is 0. The Morgan fingerprint density at radius 3 is 1.32 bits per heavy atom. The maximum absolute atomic E-state index is 3.37. The second kappa shape index (κ2) is 14.6. The molecule has 0 radical (unpaired) electrons. The zero-order valence-electron chi connectivity index (χ0n) is 17.2. The van der Waals surface area contributed by atoms with Gasteiger partial charge in [-0.3, -0.25) is 0 Å². The molecular weight excluding hydrogens is 470 g/mol. The van der Waals surface area contributed by atoms with E-state index >= 15 is 0 Å². The van der Waals surface area contributed by atoms with Crippen molar-refractivity contribution in [2.45, 2.75) is 78.1 Å². The minimum absolute atomic E-state index is 0.296. The summed E-state index contributed by atoms with van der Waals surface area (Å²) in [6.45, 7) is 4.49. The zero-order valence-corrected chi connectivity index (χ0v) is 20.6. The van der Waals surface area contributed by atoms with Crippen LogP contribution in [0.2, 0.25) is 0 Å². The Kier molecular flexibility index (Phi) is 12.0. The molecule has 2 aromatic rings. The Hall–Kier alpha value is -1.32. The van der Waals surface area contributed by atoms with Gasteiger partial charge < -0.3 is 0 Å². The van der Waals surface area contributed by atoms with Crippen LogP contribution < -0.4 is 0 Å². The van der Waals surface area contributed by atoms with Crippen LogP contribution in [0.25, 0.3) is 0 Å². The fourth-order valence-electron chi connectivity index (χ4n) is 2.65. The zero-order chi connectivity index (χ0) is 19.9. The van der Waals surface area contributed by atoms with E-state index in [1.807, 2.05) is 0 Å². The topological polar surface area (TPSA) is 0 Å². The molecule has 0 amide bonds. The van der Waals surface area contributed by atoms with E-state index in [0.717, 1.165) is 12.8 Å². The van der Waals surface area contributed by atoms with E-state index < -0.39 is 0 Å². The van der Waals surface area contributed by atoms with Gasteiger partial charge >= 0.3 is 185 Å². The molecule has 28 heavy (non-hydrogen) atoms. The summed E-state index contributed by atoms with van der Waals surface area (Å²) in [5.41, 5.74) is 0. The molecule has 0 aliphatic carbocycles. The quantitative estimate of drug-likeness (QED) is 0.243. The van der Waals surface area contributed by atoms with Gasteiger partial charge in [-0.1, -0.05) is 0 Å². The van der Waals surface area contributed by atoms with Gasteiger partial charge in [0.1, 0.15) is 0 Å². The monoisotopic (exact) mass is 502 g/mol. The van der Waals surface area contributed by atoms with Crippen LogP contribution in [-0.2, 0) is 0 Å². The predicted octanol–water partition coefficient (Wildman–Crippen LogP) is 5.84. The minimum atomic E-state index is 0.296. The molecular formula is C26H30Se2. The van der Waals surface area contributed by atoms with Crippen LogP contribution in [0.5, 0.6) is 0 Å². The second-order valence-electron chi connectivity index (χ2n) is 6.80. The third-order valence-electron chi connectivity index (χ3n) is 4.25. The molecule has 2 heteroatoms. The molecule has 2 heterocycles. The summed E-state index contributed by atoms with van der Waals surface area (Å²) < 4.78 is 5.03. The summed E-state index contributed by atoms with van der Waals surface area (Å²) in [6, 6.07) is 8.62. The van der Waals surface area contributed by atoms with Crippen LogP contribution in [-0.4, -0.2) is 29.0 Å². The van der Waals surface area contributed by atoms with Gasteiger partial charge in [-0.15, -0.1) is 0 Å². The van der Waals surface area contributed by atoms with E-state index in [1.54, 1.807) is 0 Å². The van der Waals surface area contributed by atoms with Crippen molar-refractivity contribution >= 4 is 29.0 Å². The van der Waals surface area contributed by atoms with Crippen molar-refractivity contribution in [1.82, 2.24) is 0 Å². The van der Waals surface area contributed by atoms with E-state index in [-0.39, 0.29) is 0 Å². The fraction of sp³-hybridized carbons (Fsp3) is 0.462. The van der Waals surface area contributed by atoms with Crippen LogP contribution in [0.3, 0.4) is 0 Å². The van der Waals surface area contributed by atoms with Gasteiger partial charge in [0.05, 0.1) is 0 Å². The third-order valence-corrected chi connectivity index (χ3v) is 8.10. The first-order chi connectivity index (χ1) is 13.8. The van der Waals surface area contributed by atoms with Crippen molar-refractivity contribution in [3.63, 3.8) is 0 Å². The molecule has 0 bridgehead atoms. The predicted molar refractivity (Wildman–Crippen MR) is 124 cm³/mol. The van der Waals surface area contributed by atoms with Crippen molar-refractivity contribution in [3.05, 3.63) is 42.0 Å². The Labute approximate surface area is 184 Å². The van der Waals surface area contributed by atoms with E-state index in [4.69, 9.17) is 0 Å². The van der Waals surface area contributed by atoms with Gasteiger partial charge in [0, 0.05) is 0 Å². The molecule has 0 saturated carbocycles. The molecule has 0 nitrogen and oxygen atoms in total. The average Bonchev–Trinajstić information content (AvgIpc) is 3.35. The SMILES string of the molecule is CCCCCCC#Cc1ccc(C#Cc2ccc(C#CCCCCCC)[se]2)[se]1. The molecule has 0 atom stereocenters. The van der Waals surface area contributed by atoms with Gasteiger partial charge in [0.2, 0.25) is 0 Å². The Morgan fingerprint density at radius 1 is 0.536 bits per heavy atom. The number of hydrogen-bond acceptors (Lipinski definition) is 0. The standard InChI is InChI=1S/C26H30Se2/c1-3-5-7-9-11-13-15-23-17-19-25(27-23)21-22-26-20-18-24(28-26)16-14-12-10-8-6-4-2/h17-20H,3-12H2,1-2H3. The van der Waals surface area contributed by atoms with E-state index in [0.29, 0.717) is 29.0 Å². The average molecular weight is 500 g/mol. The summed E-state index contributed by atoms with van der Waals surface area (Å²) in [5.74, 6) is 20.1. The molecule has 0 aliphatic rings. The molecule has 2 aromatic heterocycles. The molecule has 0 fully saturated rings. The Morgan fingerprint density at radius 2 is 0.929 bits per heavy atom. The van der Waals surface area contributed by atoms with Crippen LogP contribution in [0.15, 0.2) is 24.3 Å². The Bertz CT molecular complexity index is 805. The van der Waals surface area contributed by atoms with E-state index in [9.17, 15) is 0 Å². The maximum atomic E-state index is 3.37. The van der Waals surface area contributed by atoms with Crippen LogP contribution in [0.4, 0.5) is 0 Å². The molecule has 0 aliphatic heterocycles. The molecule has 0 aromatic carbocycles. The van der Waals surface area contributed by atoms with Crippen molar-refractivity contribution < 1.29 is 0 Å². The third kappa shape index (κ3) is 9.75. The first kappa shape index (κ1) is 23.0. The first-order valence-corrected chi connectivity index (χ1v) is 13.9. The number of hydrogen-bond donors (Lipinski definition) is 0. The van der Waals surface area contributed by atoms with Crippen molar-refractivity contribution in [2.75, 3.05) is 0 Å². The van der Waals surface area contributed by atoms with Gasteiger partial charge in [-0.2, -0.15) is 0 Å². The van der Waals surface area contributed by atoms with Crippen LogP contribution in [0, 0.1) is 35.5 Å². The molecule has 0 N–H and O–H groups in total. The first-order valence-electron chi connectivity index (χ1n) is 10.5. The summed E-state index contributed by atoms with van der Waals surface area (Å²) in [6.07, 6.45) is 12.4. The summed E-state index contributed by atoms with van der Waals surface area (Å²) in [5, 5.41) is 0. The normalized spacial score (nSPS) is 9.64. The van der Waals surface area contributed by atoms with E-state index in [2.05, 4.69) is 73.6 Å². The van der Waals surface area contributed by atoms with Gasteiger partial charge in [-0.25, -0.2) is 0 Å². The molecule has 0 unspecified atom stereocenters. The number of unbranched alkanes of at least 4 members (excludes halogenated alkanes) is 8. The van der Waals surface area contributed by atoms with Gasteiger partial charge in [0.15, 0.2) is 0 Å². The molecule has 0 saturated heterocycles. The Balaban J connectivity index is 1.81. The molecule has 0 spiro atoms. The van der Waals surface area contributed by atoms with Gasteiger partial charge in [-0.05, 0) is 0 Å². The molecule has 2 rings (SSSR count). The fourth-order valence-corrected chi connectivity index (χ4v) is 5.73. The second-order valence-corrected chi connectivity index (χ2v) is 11.4. The molecule has 146 valence electrons. The summed E-state index contributed by atoms with van der Waals surface area (Å²) in [4.78, 5) is 0. The van der Waals surface area contributed by atoms with Crippen molar-refractivity contribution in [2.24, 2.45) is 0 Å². The van der Waals surface area contributed by atoms with Crippen LogP contribution in [0.1, 0.15) is 95.8 Å².